The topological polar surface area (TPSA) is 51.0 Å². The van der Waals surface area contributed by atoms with Crippen molar-refractivity contribution >= 4 is 12.0 Å². The van der Waals surface area contributed by atoms with Crippen molar-refractivity contribution in [2.75, 3.05) is 0 Å². The summed E-state index contributed by atoms with van der Waals surface area (Å²) in [4.78, 5) is 14.8. The van der Waals surface area contributed by atoms with Crippen LogP contribution in [0.3, 0.4) is 0 Å². The van der Waals surface area contributed by atoms with Crippen LogP contribution in [0.1, 0.15) is 55.0 Å². The van der Waals surface area contributed by atoms with Gasteiger partial charge >= 0.3 is 0 Å². The Morgan fingerprint density at radius 2 is 1.83 bits per heavy atom. The van der Waals surface area contributed by atoms with Gasteiger partial charge in [-0.25, -0.2) is 4.68 Å². The highest BCUT2D eigenvalue weighted by atomic mass is 16.2. The smallest absolute Gasteiger partial charge is 0.247 e. The molecule has 1 amide bonds. The summed E-state index contributed by atoms with van der Waals surface area (Å²) < 4.78 is 1.79. The SMILES string of the molecule is CC(C)c1ccc(CN(C(=O)/C=C/c2cn(Cc3ccccc3)nn2)C2CC2)cc1. The summed E-state index contributed by atoms with van der Waals surface area (Å²) in [6.07, 6.45) is 7.41. The van der Waals surface area contributed by atoms with Gasteiger partial charge in [0, 0.05) is 18.7 Å². The molecule has 0 spiro atoms. The highest BCUT2D eigenvalue weighted by Gasteiger charge is 2.31. The van der Waals surface area contributed by atoms with Crippen LogP contribution in [0, 0.1) is 0 Å². The Balaban J connectivity index is 1.39. The molecule has 5 nitrogen and oxygen atoms in total. The molecule has 1 aliphatic rings. The third kappa shape index (κ3) is 5.23. The molecule has 0 saturated heterocycles. The molecule has 30 heavy (non-hydrogen) atoms. The summed E-state index contributed by atoms with van der Waals surface area (Å²) in [6.45, 7) is 5.69. The molecule has 0 N–H and O–H groups in total. The van der Waals surface area contributed by atoms with E-state index in [-0.39, 0.29) is 5.91 Å². The second-order valence-electron chi connectivity index (χ2n) is 8.25. The average Bonchev–Trinajstić information content (AvgIpc) is 3.50. The first-order valence-electron chi connectivity index (χ1n) is 10.6. The first-order valence-corrected chi connectivity index (χ1v) is 10.6. The lowest BCUT2D eigenvalue weighted by molar-refractivity contribution is -0.127. The molecule has 2 aromatic carbocycles. The van der Waals surface area contributed by atoms with E-state index in [1.54, 1.807) is 16.8 Å². The Labute approximate surface area is 178 Å². The number of hydrogen-bond donors (Lipinski definition) is 0. The maximum Gasteiger partial charge on any atom is 0.247 e. The van der Waals surface area contributed by atoms with Gasteiger partial charge < -0.3 is 4.90 Å². The van der Waals surface area contributed by atoms with Gasteiger partial charge in [-0.2, -0.15) is 0 Å². The first kappa shape index (κ1) is 20.1. The van der Waals surface area contributed by atoms with Crippen molar-refractivity contribution in [1.82, 2.24) is 19.9 Å². The second kappa shape index (κ2) is 9.08. The minimum atomic E-state index is 0.0306. The zero-order valence-electron chi connectivity index (χ0n) is 17.6. The standard InChI is InChI=1S/C25H28N4O/c1-19(2)22-10-8-21(9-11-22)17-29(24-13-14-24)25(30)15-12-23-18-28(27-26-23)16-20-6-4-3-5-7-20/h3-12,15,18-19,24H,13-14,16-17H2,1-2H3/b15-12+. The van der Waals surface area contributed by atoms with E-state index in [1.807, 2.05) is 29.3 Å². The molecule has 1 heterocycles. The summed E-state index contributed by atoms with van der Waals surface area (Å²) in [7, 11) is 0. The molecule has 0 unspecified atom stereocenters. The number of nitrogens with zero attached hydrogens (tertiary/aromatic N) is 4. The molecule has 1 aliphatic carbocycles. The van der Waals surface area contributed by atoms with E-state index in [1.165, 1.54) is 11.1 Å². The molecular weight excluding hydrogens is 372 g/mol. The van der Waals surface area contributed by atoms with Crippen LogP contribution in [-0.4, -0.2) is 31.8 Å². The molecule has 0 radical (unpaired) electrons. The zero-order chi connectivity index (χ0) is 20.9. The molecule has 1 fully saturated rings. The van der Waals surface area contributed by atoms with Crippen molar-refractivity contribution in [2.45, 2.75) is 51.7 Å². The fourth-order valence-corrected chi connectivity index (χ4v) is 3.47. The molecule has 0 bridgehead atoms. The van der Waals surface area contributed by atoms with Gasteiger partial charge in [-0.15, -0.1) is 5.10 Å². The second-order valence-corrected chi connectivity index (χ2v) is 8.25. The first-order chi connectivity index (χ1) is 14.6. The fourth-order valence-electron chi connectivity index (χ4n) is 3.47. The van der Waals surface area contributed by atoms with Crippen molar-refractivity contribution in [3.8, 4) is 0 Å². The molecule has 154 valence electrons. The predicted octanol–water partition coefficient (Wildman–Crippen LogP) is 4.65. The van der Waals surface area contributed by atoms with Gasteiger partial charge in [-0.05, 0) is 41.5 Å². The quantitative estimate of drug-likeness (QED) is 0.517. The van der Waals surface area contributed by atoms with Crippen LogP contribution in [0.15, 0.2) is 66.9 Å². The van der Waals surface area contributed by atoms with Crippen molar-refractivity contribution in [2.24, 2.45) is 0 Å². The largest absolute Gasteiger partial charge is 0.332 e. The Bertz CT molecular complexity index is 1000. The number of carbonyl (C=O) groups is 1. The van der Waals surface area contributed by atoms with E-state index in [2.05, 4.69) is 60.6 Å². The number of aromatic nitrogens is 3. The van der Waals surface area contributed by atoms with Gasteiger partial charge in [0.25, 0.3) is 0 Å². The van der Waals surface area contributed by atoms with Crippen molar-refractivity contribution < 1.29 is 4.79 Å². The summed E-state index contributed by atoms with van der Waals surface area (Å²) in [6, 6.07) is 19.1. The monoisotopic (exact) mass is 400 g/mol. The van der Waals surface area contributed by atoms with Crippen LogP contribution in [0.25, 0.3) is 6.08 Å². The van der Waals surface area contributed by atoms with E-state index in [0.717, 1.165) is 18.4 Å². The van der Waals surface area contributed by atoms with Crippen LogP contribution in [0.5, 0.6) is 0 Å². The minimum Gasteiger partial charge on any atom is -0.332 e. The number of benzene rings is 2. The number of rotatable bonds is 8. The van der Waals surface area contributed by atoms with E-state index in [0.29, 0.717) is 30.7 Å². The van der Waals surface area contributed by atoms with Crippen LogP contribution in [-0.2, 0) is 17.9 Å². The normalized spacial score (nSPS) is 13.8. The lowest BCUT2D eigenvalue weighted by atomic mass is 10.0. The molecule has 1 saturated carbocycles. The Hall–Kier alpha value is -3.21. The Morgan fingerprint density at radius 1 is 1.10 bits per heavy atom. The summed E-state index contributed by atoms with van der Waals surface area (Å²) in [5, 5.41) is 8.33. The van der Waals surface area contributed by atoms with Crippen LogP contribution in [0.2, 0.25) is 0 Å². The maximum absolute atomic E-state index is 12.9. The van der Waals surface area contributed by atoms with Gasteiger partial charge in [0.2, 0.25) is 5.91 Å². The highest BCUT2D eigenvalue weighted by molar-refractivity contribution is 5.91. The third-order valence-corrected chi connectivity index (χ3v) is 5.41. The third-order valence-electron chi connectivity index (χ3n) is 5.41. The van der Waals surface area contributed by atoms with E-state index < -0.39 is 0 Å². The zero-order valence-corrected chi connectivity index (χ0v) is 17.6. The molecule has 0 aliphatic heterocycles. The molecular formula is C25H28N4O. The molecule has 0 atom stereocenters. The van der Waals surface area contributed by atoms with Gasteiger partial charge in [-0.3, -0.25) is 4.79 Å². The van der Waals surface area contributed by atoms with Crippen molar-refractivity contribution in [3.05, 3.63) is 89.3 Å². The van der Waals surface area contributed by atoms with E-state index in [9.17, 15) is 4.79 Å². The number of amides is 1. The summed E-state index contributed by atoms with van der Waals surface area (Å²) in [5.41, 5.74) is 4.34. The van der Waals surface area contributed by atoms with E-state index in [4.69, 9.17) is 0 Å². The highest BCUT2D eigenvalue weighted by Crippen LogP contribution is 2.29. The maximum atomic E-state index is 12.9. The van der Waals surface area contributed by atoms with Crippen LogP contribution in [0.4, 0.5) is 0 Å². The van der Waals surface area contributed by atoms with Crippen LogP contribution >= 0.6 is 0 Å². The Morgan fingerprint density at radius 3 is 2.50 bits per heavy atom. The lowest BCUT2D eigenvalue weighted by Crippen LogP contribution is -2.31. The van der Waals surface area contributed by atoms with Crippen LogP contribution < -0.4 is 0 Å². The van der Waals surface area contributed by atoms with Gasteiger partial charge in [0.1, 0.15) is 5.69 Å². The molecule has 5 heteroatoms. The lowest BCUT2D eigenvalue weighted by Gasteiger charge is -2.21. The summed E-state index contributed by atoms with van der Waals surface area (Å²) in [5.74, 6) is 0.543. The van der Waals surface area contributed by atoms with Gasteiger partial charge in [0.15, 0.2) is 0 Å². The average molecular weight is 401 g/mol. The predicted molar refractivity (Wildman–Crippen MR) is 119 cm³/mol. The van der Waals surface area contributed by atoms with Gasteiger partial charge in [0.05, 0.1) is 12.7 Å². The minimum absolute atomic E-state index is 0.0306. The van der Waals surface area contributed by atoms with Gasteiger partial charge in [-0.1, -0.05) is 73.7 Å². The number of carbonyl (C=O) groups excluding carboxylic acids is 1. The van der Waals surface area contributed by atoms with Crippen molar-refractivity contribution in [3.63, 3.8) is 0 Å². The molecule has 4 rings (SSSR count). The summed E-state index contributed by atoms with van der Waals surface area (Å²) >= 11 is 0. The number of hydrogen-bond acceptors (Lipinski definition) is 3. The molecule has 1 aromatic heterocycles. The van der Waals surface area contributed by atoms with E-state index >= 15 is 0 Å². The molecule has 3 aromatic rings. The fraction of sp³-hybridized carbons (Fsp3) is 0.320. The van der Waals surface area contributed by atoms with Crippen molar-refractivity contribution in [1.29, 1.82) is 0 Å². The Kier molecular flexibility index (Phi) is 6.07.